The molecule has 1 saturated heterocycles. The Hall–Kier alpha value is -0.230. The largest absolute Gasteiger partial charge is 0.496 e. The first kappa shape index (κ1) is 15.2. The molecule has 0 spiro atoms. The van der Waals surface area contributed by atoms with E-state index in [1.54, 1.807) is 7.11 Å². The summed E-state index contributed by atoms with van der Waals surface area (Å²) in [6, 6.07) is 6.84. The summed E-state index contributed by atoms with van der Waals surface area (Å²) in [6.07, 6.45) is 0.901. The maximum absolute atomic E-state index is 6.39. The van der Waals surface area contributed by atoms with Crippen molar-refractivity contribution in [1.82, 2.24) is 4.90 Å². The van der Waals surface area contributed by atoms with Crippen molar-refractivity contribution in [3.63, 3.8) is 0 Å². The van der Waals surface area contributed by atoms with Crippen molar-refractivity contribution < 1.29 is 4.74 Å². The Morgan fingerprint density at radius 3 is 3.00 bits per heavy atom. The third-order valence-corrected chi connectivity index (χ3v) is 5.29. The molecule has 2 N–H and O–H groups in total. The fourth-order valence-corrected chi connectivity index (χ4v) is 4.32. The second-order valence-corrected chi connectivity index (χ2v) is 6.96. The summed E-state index contributed by atoms with van der Waals surface area (Å²) in [4.78, 5) is 2.39. The number of ether oxygens (including phenoxy) is 1. The van der Waals surface area contributed by atoms with Crippen LogP contribution in [0, 0.1) is 0 Å². The van der Waals surface area contributed by atoms with E-state index in [2.05, 4.69) is 40.0 Å². The Morgan fingerprint density at radius 2 is 2.37 bits per heavy atom. The first-order valence-corrected chi connectivity index (χ1v) is 8.42. The van der Waals surface area contributed by atoms with E-state index in [0.29, 0.717) is 6.04 Å². The Balaban J connectivity index is 2.01. The van der Waals surface area contributed by atoms with E-state index in [1.807, 2.05) is 17.8 Å². The van der Waals surface area contributed by atoms with E-state index >= 15 is 0 Å². The molecule has 0 amide bonds. The summed E-state index contributed by atoms with van der Waals surface area (Å²) >= 11 is 5.53. The molecule has 1 fully saturated rings. The number of thioether (sulfide) groups is 1. The molecule has 0 radical (unpaired) electrons. The molecule has 1 aromatic carbocycles. The summed E-state index contributed by atoms with van der Waals surface area (Å²) in [5.74, 6) is 3.21. The zero-order valence-electron chi connectivity index (χ0n) is 11.4. The molecular weight excluding hydrogens is 324 g/mol. The van der Waals surface area contributed by atoms with Crippen molar-refractivity contribution in [2.45, 2.75) is 18.5 Å². The van der Waals surface area contributed by atoms with Crippen LogP contribution < -0.4 is 10.5 Å². The minimum atomic E-state index is 0.179. The van der Waals surface area contributed by atoms with Crippen LogP contribution in [0.25, 0.3) is 0 Å². The van der Waals surface area contributed by atoms with E-state index in [-0.39, 0.29) is 6.04 Å². The fourth-order valence-electron chi connectivity index (χ4n) is 2.40. The number of methoxy groups -OCH3 is 1. The normalized spacial score (nSPS) is 22.2. The number of hydrogen-bond acceptors (Lipinski definition) is 4. The number of benzene rings is 1. The first-order valence-electron chi connectivity index (χ1n) is 6.48. The maximum Gasteiger partial charge on any atom is 0.133 e. The van der Waals surface area contributed by atoms with Crippen molar-refractivity contribution >= 4 is 27.7 Å². The molecule has 1 aliphatic rings. The van der Waals surface area contributed by atoms with Gasteiger partial charge in [-0.05, 0) is 47.1 Å². The summed E-state index contributed by atoms with van der Waals surface area (Å²) < 4.78 is 6.24. The van der Waals surface area contributed by atoms with Gasteiger partial charge in [0.2, 0.25) is 0 Å². The minimum Gasteiger partial charge on any atom is -0.496 e. The highest BCUT2D eigenvalue weighted by molar-refractivity contribution is 9.10. The number of nitrogens with zero attached hydrogens (tertiary/aromatic N) is 1. The number of hydrogen-bond donors (Lipinski definition) is 1. The Labute approximate surface area is 128 Å². The van der Waals surface area contributed by atoms with Gasteiger partial charge in [-0.2, -0.15) is 11.8 Å². The molecule has 106 valence electrons. The smallest absolute Gasteiger partial charge is 0.133 e. The van der Waals surface area contributed by atoms with E-state index in [9.17, 15) is 0 Å². The number of likely N-dealkylation sites (N-methyl/N-ethyl adjacent to an activating group) is 1. The minimum absolute atomic E-state index is 0.179. The average molecular weight is 345 g/mol. The van der Waals surface area contributed by atoms with Crippen molar-refractivity contribution in [3.8, 4) is 5.75 Å². The highest BCUT2D eigenvalue weighted by atomic mass is 79.9. The standard InChI is InChI=1S/C14H21BrN2OS/c1-17-5-6-19-9-13(17)12(16)8-10-3-4-14(18-2)11(15)7-10/h3-4,7,12-13H,5-6,8-9,16H2,1-2H3. The van der Waals surface area contributed by atoms with Gasteiger partial charge in [0.05, 0.1) is 11.6 Å². The monoisotopic (exact) mass is 344 g/mol. The number of nitrogens with two attached hydrogens (primary N) is 1. The van der Waals surface area contributed by atoms with Gasteiger partial charge in [-0.25, -0.2) is 0 Å². The summed E-state index contributed by atoms with van der Waals surface area (Å²) in [5.41, 5.74) is 7.64. The molecule has 2 rings (SSSR count). The van der Waals surface area contributed by atoms with Gasteiger partial charge in [0, 0.05) is 30.1 Å². The molecule has 1 heterocycles. The molecule has 1 aromatic rings. The quantitative estimate of drug-likeness (QED) is 0.909. The second kappa shape index (κ2) is 6.97. The average Bonchev–Trinajstić information content (AvgIpc) is 2.39. The van der Waals surface area contributed by atoms with E-state index < -0.39 is 0 Å². The van der Waals surface area contributed by atoms with E-state index in [4.69, 9.17) is 10.5 Å². The number of rotatable bonds is 4. The highest BCUT2D eigenvalue weighted by Crippen LogP contribution is 2.26. The van der Waals surface area contributed by atoms with Crippen molar-refractivity contribution in [1.29, 1.82) is 0 Å². The van der Waals surface area contributed by atoms with Crippen LogP contribution in [0.3, 0.4) is 0 Å². The molecule has 0 aromatic heterocycles. The van der Waals surface area contributed by atoms with Gasteiger partial charge in [0.1, 0.15) is 5.75 Å². The van der Waals surface area contributed by atoms with Gasteiger partial charge in [-0.3, -0.25) is 0 Å². The first-order chi connectivity index (χ1) is 9.11. The van der Waals surface area contributed by atoms with Crippen molar-refractivity contribution in [2.75, 3.05) is 32.2 Å². The van der Waals surface area contributed by atoms with E-state index in [1.165, 1.54) is 11.3 Å². The highest BCUT2D eigenvalue weighted by Gasteiger charge is 2.25. The van der Waals surface area contributed by atoms with Crippen LogP contribution in [0.15, 0.2) is 22.7 Å². The van der Waals surface area contributed by atoms with Crippen LogP contribution in [-0.2, 0) is 6.42 Å². The van der Waals surface area contributed by atoms with Crippen LogP contribution in [0.4, 0.5) is 0 Å². The van der Waals surface area contributed by atoms with Crippen LogP contribution in [0.2, 0.25) is 0 Å². The molecule has 0 bridgehead atoms. The number of halogens is 1. The van der Waals surface area contributed by atoms with Gasteiger partial charge in [-0.1, -0.05) is 6.07 Å². The van der Waals surface area contributed by atoms with Crippen molar-refractivity contribution in [2.24, 2.45) is 5.73 Å². The van der Waals surface area contributed by atoms with Gasteiger partial charge in [-0.15, -0.1) is 0 Å². The molecule has 1 aliphatic heterocycles. The maximum atomic E-state index is 6.39. The summed E-state index contributed by atoms with van der Waals surface area (Å²) in [6.45, 7) is 1.13. The Bertz CT molecular complexity index is 430. The second-order valence-electron chi connectivity index (χ2n) is 4.96. The molecule has 3 nitrogen and oxygen atoms in total. The Morgan fingerprint density at radius 1 is 1.58 bits per heavy atom. The summed E-state index contributed by atoms with van der Waals surface area (Å²) in [7, 11) is 3.86. The predicted octanol–water partition coefficient (Wildman–Crippen LogP) is 2.37. The van der Waals surface area contributed by atoms with Gasteiger partial charge >= 0.3 is 0 Å². The summed E-state index contributed by atoms with van der Waals surface area (Å²) in [5, 5.41) is 0. The molecule has 2 atom stereocenters. The molecule has 0 aliphatic carbocycles. The molecule has 0 saturated carbocycles. The topological polar surface area (TPSA) is 38.5 Å². The SMILES string of the molecule is COc1ccc(CC(N)C2CSCCN2C)cc1Br. The zero-order valence-corrected chi connectivity index (χ0v) is 13.8. The van der Waals surface area contributed by atoms with Gasteiger partial charge < -0.3 is 15.4 Å². The third kappa shape index (κ3) is 3.88. The van der Waals surface area contributed by atoms with Gasteiger partial charge in [0.25, 0.3) is 0 Å². The molecule has 2 unspecified atom stereocenters. The predicted molar refractivity (Wildman–Crippen MR) is 86.1 cm³/mol. The van der Waals surface area contributed by atoms with E-state index in [0.717, 1.165) is 28.9 Å². The van der Waals surface area contributed by atoms with Gasteiger partial charge in [0.15, 0.2) is 0 Å². The van der Waals surface area contributed by atoms with Crippen molar-refractivity contribution in [3.05, 3.63) is 28.2 Å². The molecule has 19 heavy (non-hydrogen) atoms. The zero-order chi connectivity index (χ0) is 13.8. The molecular formula is C14H21BrN2OS. The van der Waals surface area contributed by atoms with Crippen LogP contribution in [0.5, 0.6) is 5.75 Å². The van der Waals surface area contributed by atoms with Crippen LogP contribution in [-0.4, -0.2) is 49.2 Å². The lowest BCUT2D eigenvalue weighted by Gasteiger charge is -2.36. The molecule has 5 heteroatoms. The fraction of sp³-hybridized carbons (Fsp3) is 0.571. The lowest BCUT2D eigenvalue weighted by atomic mass is 10.00. The van der Waals surface area contributed by atoms with Crippen LogP contribution in [0.1, 0.15) is 5.56 Å². The lowest BCUT2D eigenvalue weighted by molar-refractivity contribution is 0.235. The Kier molecular flexibility index (Phi) is 5.57. The van der Waals surface area contributed by atoms with Crippen LogP contribution >= 0.6 is 27.7 Å². The lowest BCUT2D eigenvalue weighted by Crippen LogP contribution is -2.51. The third-order valence-electron chi connectivity index (χ3n) is 3.62.